The van der Waals surface area contributed by atoms with Gasteiger partial charge in [0.25, 0.3) is 0 Å². The number of esters is 1. The number of amides is 1. The van der Waals surface area contributed by atoms with E-state index < -0.39 is 0 Å². The summed E-state index contributed by atoms with van der Waals surface area (Å²) in [4.78, 5) is 31.6. The van der Waals surface area contributed by atoms with E-state index in [4.69, 9.17) is 14.5 Å². The number of rotatable bonds is 7. The van der Waals surface area contributed by atoms with Crippen LogP contribution in [0.5, 0.6) is 5.75 Å². The van der Waals surface area contributed by atoms with Crippen LogP contribution in [-0.4, -0.2) is 43.2 Å². The lowest BCUT2D eigenvalue weighted by Crippen LogP contribution is -2.40. The van der Waals surface area contributed by atoms with Crippen LogP contribution in [0, 0.1) is 5.92 Å². The summed E-state index contributed by atoms with van der Waals surface area (Å²) < 4.78 is 11.7. The van der Waals surface area contributed by atoms with Crippen molar-refractivity contribution in [2.24, 2.45) is 5.92 Å². The lowest BCUT2D eigenvalue weighted by Gasteiger charge is -2.31. The van der Waals surface area contributed by atoms with E-state index in [1.165, 1.54) is 0 Å². The molecule has 1 aromatic heterocycles. The summed E-state index contributed by atoms with van der Waals surface area (Å²) in [6, 6.07) is 12.7. The van der Waals surface area contributed by atoms with Gasteiger partial charge in [0, 0.05) is 18.8 Å². The van der Waals surface area contributed by atoms with E-state index in [0.29, 0.717) is 31.0 Å². The minimum absolute atomic E-state index is 0.0154. The van der Waals surface area contributed by atoms with E-state index in [1.54, 1.807) is 42.5 Å². The van der Waals surface area contributed by atoms with Gasteiger partial charge in [-0.3, -0.25) is 4.79 Å². The number of hydrogen-bond acceptors (Lipinski definition) is 7. The molecule has 7 nitrogen and oxygen atoms in total. The molecule has 1 saturated heterocycles. The summed E-state index contributed by atoms with van der Waals surface area (Å²) in [6.45, 7) is 6.22. The van der Waals surface area contributed by atoms with Gasteiger partial charge in [-0.2, -0.15) is 0 Å². The average Bonchev–Trinajstić information content (AvgIpc) is 3.23. The predicted molar refractivity (Wildman–Crippen MR) is 127 cm³/mol. The van der Waals surface area contributed by atoms with Crippen LogP contribution in [0.2, 0.25) is 0 Å². The zero-order valence-corrected chi connectivity index (χ0v) is 19.1. The SMILES string of the molecule is CCOC(=O)c1ccc(NC(=O)[C@H]2CCCN(c3nc4ccc(OCC)cc4s3)C2)cc1. The minimum Gasteiger partial charge on any atom is -0.494 e. The highest BCUT2D eigenvalue weighted by atomic mass is 32.1. The number of carbonyl (C=O) groups is 2. The van der Waals surface area contributed by atoms with E-state index >= 15 is 0 Å². The molecule has 1 N–H and O–H groups in total. The normalized spacial score (nSPS) is 16.1. The largest absolute Gasteiger partial charge is 0.494 e. The van der Waals surface area contributed by atoms with Crippen molar-refractivity contribution in [2.45, 2.75) is 26.7 Å². The number of thiazole rings is 1. The minimum atomic E-state index is -0.363. The molecule has 0 spiro atoms. The van der Waals surface area contributed by atoms with Gasteiger partial charge in [-0.15, -0.1) is 0 Å². The van der Waals surface area contributed by atoms with Crippen molar-refractivity contribution < 1.29 is 19.1 Å². The Balaban J connectivity index is 1.40. The summed E-state index contributed by atoms with van der Waals surface area (Å²) >= 11 is 1.63. The standard InChI is InChI=1S/C24H27N3O4S/c1-3-30-19-11-12-20-21(14-19)32-24(26-20)27-13-5-6-17(15-27)22(28)25-18-9-7-16(8-10-18)23(29)31-4-2/h7-12,14,17H,3-6,13,15H2,1-2H3,(H,25,28)/t17-/m0/s1. The summed E-state index contributed by atoms with van der Waals surface area (Å²) in [6.07, 6.45) is 1.77. The molecule has 1 amide bonds. The van der Waals surface area contributed by atoms with Crippen molar-refractivity contribution >= 4 is 44.2 Å². The Morgan fingerprint density at radius 3 is 2.72 bits per heavy atom. The predicted octanol–water partition coefficient (Wildman–Crippen LogP) is 4.73. The van der Waals surface area contributed by atoms with Gasteiger partial charge in [0.15, 0.2) is 5.13 Å². The maximum Gasteiger partial charge on any atom is 0.338 e. The van der Waals surface area contributed by atoms with Gasteiger partial charge in [-0.25, -0.2) is 9.78 Å². The number of anilines is 2. The molecule has 1 aliphatic rings. The summed E-state index contributed by atoms with van der Waals surface area (Å²) in [7, 11) is 0. The Bertz CT molecular complexity index is 1100. The summed E-state index contributed by atoms with van der Waals surface area (Å²) in [5.74, 6) is 0.343. The third-order valence-electron chi connectivity index (χ3n) is 5.39. The van der Waals surface area contributed by atoms with Crippen molar-refractivity contribution in [1.82, 2.24) is 4.98 Å². The molecule has 0 bridgehead atoms. The number of nitrogens with zero attached hydrogens (tertiary/aromatic N) is 2. The molecule has 0 unspecified atom stereocenters. The van der Waals surface area contributed by atoms with Gasteiger partial charge in [0.05, 0.1) is 34.9 Å². The molecule has 0 radical (unpaired) electrons. The fraction of sp³-hybridized carbons (Fsp3) is 0.375. The first-order valence-corrected chi connectivity index (χ1v) is 11.8. The smallest absolute Gasteiger partial charge is 0.338 e. The average molecular weight is 454 g/mol. The highest BCUT2D eigenvalue weighted by molar-refractivity contribution is 7.22. The molecule has 3 aromatic rings. The molecule has 8 heteroatoms. The molecule has 2 heterocycles. The van der Waals surface area contributed by atoms with Crippen LogP contribution >= 0.6 is 11.3 Å². The Labute approximate surface area is 191 Å². The summed E-state index contributed by atoms with van der Waals surface area (Å²) in [5.41, 5.74) is 2.09. The maximum atomic E-state index is 12.9. The van der Waals surface area contributed by atoms with Gasteiger partial charge < -0.3 is 19.7 Å². The van der Waals surface area contributed by atoms with E-state index in [9.17, 15) is 9.59 Å². The zero-order chi connectivity index (χ0) is 22.5. The molecular formula is C24H27N3O4S. The fourth-order valence-electron chi connectivity index (χ4n) is 3.80. The maximum absolute atomic E-state index is 12.9. The monoisotopic (exact) mass is 453 g/mol. The molecule has 4 rings (SSSR count). The Morgan fingerprint density at radius 2 is 1.97 bits per heavy atom. The van der Waals surface area contributed by atoms with Crippen LogP contribution < -0.4 is 15.0 Å². The molecule has 1 atom stereocenters. The van der Waals surface area contributed by atoms with E-state index in [-0.39, 0.29) is 17.8 Å². The number of fused-ring (bicyclic) bond motifs is 1. The second-order valence-electron chi connectivity index (χ2n) is 7.63. The fourth-order valence-corrected chi connectivity index (χ4v) is 4.83. The molecule has 1 fully saturated rings. The van der Waals surface area contributed by atoms with Crippen molar-refractivity contribution in [2.75, 3.05) is 36.5 Å². The first-order valence-electron chi connectivity index (χ1n) is 10.9. The van der Waals surface area contributed by atoms with E-state index in [0.717, 1.165) is 40.5 Å². The first kappa shape index (κ1) is 22.1. The number of piperidine rings is 1. The quantitative estimate of drug-likeness (QED) is 0.521. The second kappa shape index (κ2) is 9.99. The molecular weight excluding hydrogens is 426 g/mol. The zero-order valence-electron chi connectivity index (χ0n) is 18.3. The first-order chi connectivity index (χ1) is 15.6. The molecule has 168 valence electrons. The Kier molecular flexibility index (Phi) is 6.90. The van der Waals surface area contributed by atoms with Crippen LogP contribution in [0.4, 0.5) is 10.8 Å². The molecule has 0 aliphatic carbocycles. The lowest BCUT2D eigenvalue weighted by molar-refractivity contribution is -0.120. The van der Waals surface area contributed by atoms with Crippen LogP contribution in [-0.2, 0) is 9.53 Å². The molecule has 32 heavy (non-hydrogen) atoms. The van der Waals surface area contributed by atoms with Gasteiger partial charge in [-0.05, 0) is 69.2 Å². The molecule has 0 saturated carbocycles. The van der Waals surface area contributed by atoms with Crippen LogP contribution in [0.15, 0.2) is 42.5 Å². The number of ether oxygens (including phenoxy) is 2. The van der Waals surface area contributed by atoms with Crippen molar-refractivity contribution in [1.29, 1.82) is 0 Å². The Morgan fingerprint density at radius 1 is 1.16 bits per heavy atom. The van der Waals surface area contributed by atoms with Gasteiger partial charge in [0.1, 0.15) is 5.75 Å². The van der Waals surface area contributed by atoms with Gasteiger partial charge in [-0.1, -0.05) is 11.3 Å². The summed E-state index contributed by atoms with van der Waals surface area (Å²) in [5, 5.41) is 3.91. The highest BCUT2D eigenvalue weighted by Gasteiger charge is 2.27. The van der Waals surface area contributed by atoms with Gasteiger partial charge in [0.2, 0.25) is 5.91 Å². The lowest BCUT2D eigenvalue weighted by atomic mass is 9.97. The number of nitrogens with one attached hydrogen (secondary N) is 1. The van der Waals surface area contributed by atoms with Crippen LogP contribution in [0.1, 0.15) is 37.0 Å². The molecule has 1 aliphatic heterocycles. The number of hydrogen-bond donors (Lipinski definition) is 1. The Hall–Kier alpha value is -3.13. The van der Waals surface area contributed by atoms with Crippen molar-refractivity contribution in [3.8, 4) is 5.75 Å². The topological polar surface area (TPSA) is 80.8 Å². The van der Waals surface area contributed by atoms with Crippen molar-refractivity contribution in [3.05, 3.63) is 48.0 Å². The van der Waals surface area contributed by atoms with Crippen molar-refractivity contribution in [3.63, 3.8) is 0 Å². The number of benzene rings is 2. The highest BCUT2D eigenvalue weighted by Crippen LogP contribution is 2.33. The third-order valence-corrected chi connectivity index (χ3v) is 6.46. The second-order valence-corrected chi connectivity index (χ2v) is 8.64. The third kappa shape index (κ3) is 5.02. The van der Waals surface area contributed by atoms with Crippen LogP contribution in [0.3, 0.4) is 0 Å². The number of carbonyl (C=O) groups excluding carboxylic acids is 2. The van der Waals surface area contributed by atoms with E-state index in [1.807, 2.05) is 25.1 Å². The van der Waals surface area contributed by atoms with Crippen LogP contribution in [0.25, 0.3) is 10.2 Å². The number of aromatic nitrogens is 1. The van der Waals surface area contributed by atoms with E-state index in [2.05, 4.69) is 10.2 Å². The molecule has 2 aromatic carbocycles. The van der Waals surface area contributed by atoms with Gasteiger partial charge >= 0.3 is 5.97 Å².